The Morgan fingerprint density at radius 1 is 1.00 bits per heavy atom. The van der Waals surface area contributed by atoms with E-state index in [1.165, 1.54) is 11.1 Å². The van der Waals surface area contributed by atoms with Crippen LogP contribution in [0.15, 0.2) is 72.1 Å². The maximum absolute atomic E-state index is 6.30. The van der Waals surface area contributed by atoms with Crippen molar-refractivity contribution < 1.29 is 4.74 Å². The van der Waals surface area contributed by atoms with Crippen molar-refractivity contribution >= 4 is 23.4 Å². The molecule has 0 saturated carbocycles. The van der Waals surface area contributed by atoms with E-state index in [9.17, 15) is 0 Å². The quantitative estimate of drug-likeness (QED) is 0.293. The number of halogens is 1. The summed E-state index contributed by atoms with van der Waals surface area (Å²) in [7, 11) is 3.78. The van der Waals surface area contributed by atoms with Crippen LogP contribution in [0, 0.1) is 6.92 Å². The molecular formula is C25H26ClN5OS. The normalized spacial score (nSPS) is 11.2. The zero-order chi connectivity index (χ0) is 23.2. The van der Waals surface area contributed by atoms with Gasteiger partial charge in [-0.2, -0.15) is 0 Å². The second-order valence-corrected chi connectivity index (χ2v) is 9.21. The van der Waals surface area contributed by atoms with Crippen molar-refractivity contribution in [3.8, 4) is 11.4 Å². The number of hydrogen-bond donors (Lipinski definition) is 0. The second kappa shape index (κ2) is 10.8. The number of methoxy groups -OCH3 is 1. The maximum Gasteiger partial charge on any atom is 0.196 e. The molecule has 8 heteroatoms. The Morgan fingerprint density at radius 2 is 1.82 bits per heavy atom. The minimum absolute atomic E-state index is 0.639. The van der Waals surface area contributed by atoms with E-state index in [-0.39, 0.29) is 0 Å². The van der Waals surface area contributed by atoms with Crippen LogP contribution in [0.2, 0.25) is 5.02 Å². The highest BCUT2D eigenvalue weighted by atomic mass is 35.5. The van der Waals surface area contributed by atoms with Crippen LogP contribution < -0.4 is 4.74 Å². The molecule has 6 nitrogen and oxygen atoms in total. The van der Waals surface area contributed by atoms with Gasteiger partial charge in [0.05, 0.1) is 19.3 Å². The minimum atomic E-state index is 0.639. The largest absolute Gasteiger partial charge is 0.496 e. The molecule has 2 aromatic heterocycles. The standard InChI is InChI=1S/C25H26ClN5OS/c1-18-13-20(7-8-23(18)32-3)15-30(2)16-24-28-29-25(33-17-19-9-11-27-12-10-19)31(24)22-6-4-5-21(26)14-22/h4-14H,15-17H2,1-3H3. The summed E-state index contributed by atoms with van der Waals surface area (Å²) in [5.74, 6) is 2.54. The molecule has 33 heavy (non-hydrogen) atoms. The number of hydrogen-bond acceptors (Lipinski definition) is 6. The first-order chi connectivity index (χ1) is 16.0. The van der Waals surface area contributed by atoms with E-state index in [2.05, 4.69) is 50.8 Å². The Morgan fingerprint density at radius 3 is 2.55 bits per heavy atom. The molecular weight excluding hydrogens is 454 g/mol. The number of aromatic nitrogens is 4. The lowest BCUT2D eigenvalue weighted by Crippen LogP contribution is -2.20. The monoisotopic (exact) mass is 479 g/mol. The Balaban J connectivity index is 1.56. The van der Waals surface area contributed by atoms with E-state index in [1.54, 1.807) is 31.3 Å². The first-order valence-corrected chi connectivity index (χ1v) is 11.9. The Kier molecular flexibility index (Phi) is 7.65. The average molecular weight is 480 g/mol. The Hall–Kier alpha value is -2.87. The summed E-state index contributed by atoms with van der Waals surface area (Å²) in [6.45, 7) is 3.48. The van der Waals surface area contributed by atoms with Crippen molar-refractivity contribution in [3.63, 3.8) is 0 Å². The van der Waals surface area contributed by atoms with Gasteiger partial charge >= 0.3 is 0 Å². The van der Waals surface area contributed by atoms with Gasteiger partial charge in [0.1, 0.15) is 5.75 Å². The lowest BCUT2D eigenvalue weighted by atomic mass is 10.1. The summed E-state index contributed by atoms with van der Waals surface area (Å²) >= 11 is 7.95. The summed E-state index contributed by atoms with van der Waals surface area (Å²) < 4.78 is 7.47. The highest BCUT2D eigenvalue weighted by Gasteiger charge is 2.17. The average Bonchev–Trinajstić information content (AvgIpc) is 3.20. The van der Waals surface area contributed by atoms with Crippen molar-refractivity contribution in [1.82, 2.24) is 24.6 Å². The zero-order valence-corrected chi connectivity index (χ0v) is 20.5. The van der Waals surface area contributed by atoms with Crippen molar-refractivity contribution in [2.24, 2.45) is 0 Å². The molecule has 0 amide bonds. The molecule has 0 aliphatic heterocycles. The molecule has 2 heterocycles. The van der Waals surface area contributed by atoms with E-state index in [4.69, 9.17) is 16.3 Å². The first-order valence-electron chi connectivity index (χ1n) is 10.6. The Bertz CT molecular complexity index is 1210. The van der Waals surface area contributed by atoms with Gasteiger partial charge in [0.25, 0.3) is 0 Å². The molecule has 170 valence electrons. The number of nitrogens with zero attached hydrogens (tertiary/aromatic N) is 5. The fourth-order valence-corrected chi connectivity index (χ4v) is 4.76. The van der Waals surface area contributed by atoms with E-state index in [0.29, 0.717) is 11.6 Å². The third-order valence-electron chi connectivity index (χ3n) is 5.21. The molecule has 0 N–H and O–H groups in total. The van der Waals surface area contributed by atoms with E-state index >= 15 is 0 Å². The smallest absolute Gasteiger partial charge is 0.196 e. The van der Waals surface area contributed by atoms with Gasteiger partial charge in [-0.15, -0.1) is 10.2 Å². The topological polar surface area (TPSA) is 56.1 Å². The molecule has 0 atom stereocenters. The summed E-state index contributed by atoms with van der Waals surface area (Å²) in [5.41, 5.74) is 4.48. The number of aryl methyl sites for hydroxylation is 1. The van der Waals surface area contributed by atoms with Gasteiger partial charge in [-0.25, -0.2) is 0 Å². The number of rotatable bonds is 9. The SMILES string of the molecule is COc1ccc(CN(C)Cc2nnc(SCc3ccncc3)n2-c2cccc(Cl)c2)cc1C. The van der Waals surface area contributed by atoms with Crippen LogP contribution in [-0.4, -0.2) is 38.8 Å². The highest BCUT2D eigenvalue weighted by Crippen LogP contribution is 2.27. The predicted molar refractivity (Wildman–Crippen MR) is 133 cm³/mol. The van der Waals surface area contributed by atoms with Crippen LogP contribution >= 0.6 is 23.4 Å². The molecule has 0 radical (unpaired) electrons. The molecule has 4 aromatic rings. The van der Waals surface area contributed by atoms with E-state index < -0.39 is 0 Å². The molecule has 4 rings (SSSR count). The first kappa shape index (κ1) is 23.3. The molecule has 2 aromatic carbocycles. The van der Waals surface area contributed by atoms with Crippen LogP contribution in [0.4, 0.5) is 0 Å². The number of benzene rings is 2. The molecule has 0 saturated heterocycles. The lowest BCUT2D eigenvalue weighted by molar-refractivity contribution is 0.307. The van der Waals surface area contributed by atoms with Gasteiger partial charge in [-0.3, -0.25) is 14.5 Å². The van der Waals surface area contributed by atoms with Gasteiger partial charge in [0.15, 0.2) is 11.0 Å². The van der Waals surface area contributed by atoms with Crippen LogP contribution in [0.5, 0.6) is 5.75 Å². The highest BCUT2D eigenvalue weighted by molar-refractivity contribution is 7.98. The molecule has 0 aliphatic carbocycles. The van der Waals surface area contributed by atoms with Gasteiger partial charge in [0.2, 0.25) is 0 Å². The zero-order valence-electron chi connectivity index (χ0n) is 18.9. The molecule has 0 bridgehead atoms. The van der Waals surface area contributed by atoms with Gasteiger partial charge in [-0.1, -0.05) is 41.6 Å². The Labute approximate surface area is 203 Å². The number of thioether (sulfide) groups is 1. The van der Waals surface area contributed by atoms with Gasteiger partial charge < -0.3 is 4.74 Å². The van der Waals surface area contributed by atoms with Crippen LogP contribution in [0.1, 0.15) is 22.5 Å². The van der Waals surface area contributed by atoms with E-state index in [0.717, 1.165) is 40.3 Å². The van der Waals surface area contributed by atoms with Crippen LogP contribution in [-0.2, 0) is 18.8 Å². The van der Waals surface area contributed by atoms with Gasteiger partial charge in [0, 0.05) is 29.7 Å². The van der Waals surface area contributed by atoms with Crippen molar-refractivity contribution in [1.29, 1.82) is 0 Å². The fourth-order valence-electron chi connectivity index (χ4n) is 3.65. The van der Waals surface area contributed by atoms with Crippen LogP contribution in [0.3, 0.4) is 0 Å². The summed E-state index contributed by atoms with van der Waals surface area (Å²) in [6.07, 6.45) is 3.61. The second-order valence-electron chi connectivity index (χ2n) is 7.83. The van der Waals surface area contributed by atoms with E-state index in [1.807, 2.05) is 42.5 Å². The van der Waals surface area contributed by atoms with Crippen molar-refractivity contribution in [2.45, 2.75) is 30.9 Å². The van der Waals surface area contributed by atoms with Crippen molar-refractivity contribution in [2.75, 3.05) is 14.2 Å². The summed E-state index contributed by atoms with van der Waals surface area (Å²) in [5, 5.41) is 10.6. The predicted octanol–water partition coefficient (Wildman–Crippen LogP) is 5.56. The number of pyridine rings is 1. The van der Waals surface area contributed by atoms with Crippen LogP contribution in [0.25, 0.3) is 5.69 Å². The van der Waals surface area contributed by atoms with Crippen molar-refractivity contribution in [3.05, 3.63) is 94.5 Å². The number of ether oxygens (including phenoxy) is 1. The fraction of sp³-hybridized carbons (Fsp3) is 0.240. The third-order valence-corrected chi connectivity index (χ3v) is 6.44. The summed E-state index contributed by atoms with van der Waals surface area (Å²) in [4.78, 5) is 6.32. The third kappa shape index (κ3) is 5.93. The molecule has 0 fully saturated rings. The van der Waals surface area contributed by atoms with Gasteiger partial charge in [-0.05, 0) is 67.1 Å². The minimum Gasteiger partial charge on any atom is -0.496 e. The summed E-state index contributed by atoms with van der Waals surface area (Å²) in [6, 6.07) is 18.1. The lowest BCUT2D eigenvalue weighted by Gasteiger charge is -2.18. The maximum atomic E-state index is 6.30. The molecule has 0 aliphatic rings. The molecule has 0 spiro atoms. The molecule has 0 unspecified atom stereocenters.